The predicted octanol–water partition coefficient (Wildman–Crippen LogP) is 5.02. The number of anilines is 1. The molecule has 3 aromatic rings. The first kappa shape index (κ1) is 20.7. The number of halogens is 6. The van der Waals surface area contributed by atoms with Crippen LogP contribution in [0.5, 0.6) is 0 Å². The molecule has 3 rings (SSSR count). The highest BCUT2D eigenvalue weighted by molar-refractivity contribution is 5.79. The first-order valence-electron chi connectivity index (χ1n) is 8.47. The Morgan fingerprint density at radius 3 is 2.10 bits per heavy atom. The molecule has 0 unspecified atom stereocenters. The molecule has 0 radical (unpaired) electrons. The molecular weight excluding hydrogens is 400 g/mol. The van der Waals surface area contributed by atoms with E-state index in [0.717, 1.165) is 10.7 Å². The molecule has 5 nitrogen and oxygen atoms in total. The Morgan fingerprint density at radius 2 is 1.62 bits per heavy atom. The predicted molar refractivity (Wildman–Crippen MR) is 94.3 cm³/mol. The number of hydrogen-bond donors (Lipinski definition) is 1. The number of nitrogen functional groups attached to an aromatic ring is 1. The average molecular weight is 417 g/mol. The summed E-state index contributed by atoms with van der Waals surface area (Å²) < 4.78 is 83.1. The van der Waals surface area contributed by atoms with Crippen molar-refractivity contribution in [2.45, 2.75) is 32.1 Å². The van der Waals surface area contributed by atoms with Crippen LogP contribution >= 0.6 is 0 Å². The van der Waals surface area contributed by atoms with E-state index in [0.29, 0.717) is 6.07 Å². The van der Waals surface area contributed by atoms with E-state index in [-0.39, 0.29) is 22.9 Å². The maximum atomic E-state index is 13.7. The Balaban J connectivity index is 2.33. The minimum absolute atomic E-state index is 0.0119. The second kappa shape index (κ2) is 6.82. The van der Waals surface area contributed by atoms with Crippen molar-refractivity contribution >= 4 is 5.82 Å². The number of aryl methyl sites for hydroxylation is 1. The smallest absolute Gasteiger partial charge is 0.383 e. The van der Waals surface area contributed by atoms with E-state index in [4.69, 9.17) is 5.73 Å². The van der Waals surface area contributed by atoms with E-state index in [1.807, 2.05) is 0 Å². The molecule has 2 N–H and O–H groups in total. The summed E-state index contributed by atoms with van der Waals surface area (Å²) in [6.45, 7) is 3.29. The molecule has 0 saturated carbocycles. The molecule has 0 aliphatic rings. The van der Waals surface area contributed by atoms with Crippen molar-refractivity contribution in [2.75, 3.05) is 5.73 Å². The van der Waals surface area contributed by atoms with Crippen LogP contribution in [0.3, 0.4) is 0 Å². The fourth-order valence-electron chi connectivity index (χ4n) is 2.90. The summed E-state index contributed by atoms with van der Waals surface area (Å²) in [7, 11) is 1.55. The lowest BCUT2D eigenvalue weighted by atomic mass is 9.94. The standard InChI is InChI=1S/C18H17F6N5/c1-9(2)10-6-11(8-12(7-10)17(19,20)21)14-15(18(22,23)24)27-29(16(14)25)13-4-5-28(3)26-13/h4-9H,25H2,1-3H3. The second-order valence-corrected chi connectivity index (χ2v) is 6.86. The monoisotopic (exact) mass is 417 g/mol. The third-order valence-corrected chi connectivity index (χ3v) is 4.34. The van der Waals surface area contributed by atoms with Gasteiger partial charge in [0.2, 0.25) is 0 Å². The molecule has 0 saturated heterocycles. The van der Waals surface area contributed by atoms with Gasteiger partial charge in [-0.1, -0.05) is 19.9 Å². The molecule has 0 fully saturated rings. The van der Waals surface area contributed by atoms with Gasteiger partial charge in [0.1, 0.15) is 5.82 Å². The van der Waals surface area contributed by atoms with Crippen LogP contribution in [0, 0.1) is 0 Å². The van der Waals surface area contributed by atoms with E-state index in [1.54, 1.807) is 20.9 Å². The van der Waals surface area contributed by atoms with Crippen LogP contribution in [0.25, 0.3) is 16.9 Å². The average Bonchev–Trinajstić information content (AvgIpc) is 3.16. The topological polar surface area (TPSA) is 61.7 Å². The third-order valence-electron chi connectivity index (χ3n) is 4.34. The lowest BCUT2D eigenvalue weighted by Crippen LogP contribution is -2.10. The molecule has 2 aromatic heterocycles. The van der Waals surface area contributed by atoms with Gasteiger partial charge in [-0.2, -0.15) is 41.2 Å². The van der Waals surface area contributed by atoms with E-state index < -0.39 is 35.0 Å². The van der Waals surface area contributed by atoms with Crippen molar-refractivity contribution in [3.8, 4) is 16.9 Å². The number of hydrogen-bond acceptors (Lipinski definition) is 3. The van der Waals surface area contributed by atoms with Crippen LogP contribution in [0.2, 0.25) is 0 Å². The highest BCUT2D eigenvalue weighted by atomic mass is 19.4. The zero-order valence-electron chi connectivity index (χ0n) is 15.6. The Kier molecular flexibility index (Phi) is 4.88. The van der Waals surface area contributed by atoms with Gasteiger partial charge < -0.3 is 5.73 Å². The third kappa shape index (κ3) is 3.94. The molecule has 156 valence electrons. The highest BCUT2D eigenvalue weighted by Gasteiger charge is 2.41. The Morgan fingerprint density at radius 1 is 0.966 bits per heavy atom. The van der Waals surface area contributed by atoms with Crippen LogP contribution in [-0.2, 0) is 19.4 Å². The van der Waals surface area contributed by atoms with Crippen molar-refractivity contribution in [2.24, 2.45) is 7.05 Å². The minimum Gasteiger partial charge on any atom is -0.383 e. The molecule has 29 heavy (non-hydrogen) atoms. The first-order valence-corrected chi connectivity index (χ1v) is 8.47. The largest absolute Gasteiger partial charge is 0.435 e. The van der Waals surface area contributed by atoms with Crippen molar-refractivity contribution in [1.29, 1.82) is 0 Å². The summed E-state index contributed by atoms with van der Waals surface area (Å²) in [6, 6.07) is 4.22. The lowest BCUT2D eigenvalue weighted by molar-refractivity contribution is -0.140. The SMILES string of the molecule is CC(C)c1cc(-c2c(C(F)(F)F)nn(-c3ccn(C)n3)c2N)cc(C(F)(F)F)c1. The second-order valence-electron chi connectivity index (χ2n) is 6.86. The van der Waals surface area contributed by atoms with Crippen LogP contribution in [-0.4, -0.2) is 19.6 Å². The fraction of sp³-hybridized carbons (Fsp3) is 0.333. The number of aromatic nitrogens is 4. The zero-order valence-corrected chi connectivity index (χ0v) is 15.6. The number of benzene rings is 1. The van der Waals surface area contributed by atoms with Gasteiger partial charge >= 0.3 is 12.4 Å². The molecule has 0 amide bonds. The Labute approximate surface area is 161 Å². The zero-order chi connectivity index (χ0) is 21.7. The summed E-state index contributed by atoms with van der Waals surface area (Å²) in [5.74, 6) is -0.791. The van der Waals surface area contributed by atoms with Crippen molar-refractivity contribution in [3.63, 3.8) is 0 Å². The lowest BCUT2D eigenvalue weighted by Gasteiger charge is -2.15. The van der Waals surface area contributed by atoms with E-state index >= 15 is 0 Å². The Bertz CT molecular complexity index is 1040. The summed E-state index contributed by atoms with van der Waals surface area (Å²) in [6.07, 6.45) is -8.19. The molecule has 1 aromatic carbocycles. The maximum Gasteiger partial charge on any atom is 0.435 e. The van der Waals surface area contributed by atoms with Gasteiger partial charge in [0, 0.05) is 19.3 Å². The molecule has 11 heteroatoms. The molecule has 0 atom stereocenters. The van der Waals surface area contributed by atoms with Gasteiger partial charge in [-0.15, -0.1) is 0 Å². The van der Waals surface area contributed by atoms with Crippen LogP contribution in [0.15, 0.2) is 30.5 Å². The van der Waals surface area contributed by atoms with Crippen molar-refractivity contribution < 1.29 is 26.3 Å². The number of alkyl halides is 6. The number of nitrogens with zero attached hydrogens (tertiary/aromatic N) is 4. The van der Waals surface area contributed by atoms with E-state index in [9.17, 15) is 26.3 Å². The minimum atomic E-state index is -4.93. The molecule has 0 aliphatic heterocycles. The Hall–Kier alpha value is -2.98. The van der Waals surface area contributed by atoms with Crippen molar-refractivity contribution in [1.82, 2.24) is 19.6 Å². The summed E-state index contributed by atoms with van der Waals surface area (Å²) >= 11 is 0. The van der Waals surface area contributed by atoms with Crippen LogP contribution in [0.1, 0.15) is 36.6 Å². The van der Waals surface area contributed by atoms with Gasteiger partial charge in [0.25, 0.3) is 0 Å². The molecule has 0 spiro atoms. The van der Waals surface area contributed by atoms with Gasteiger partial charge in [-0.3, -0.25) is 4.68 Å². The van der Waals surface area contributed by atoms with Gasteiger partial charge in [0.15, 0.2) is 11.5 Å². The fourth-order valence-corrected chi connectivity index (χ4v) is 2.90. The maximum absolute atomic E-state index is 13.7. The molecule has 2 heterocycles. The number of nitrogens with two attached hydrogens (primary N) is 1. The normalized spacial score (nSPS) is 12.8. The number of rotatable bonds is 3. The van der Waals surface area contributed by atoms with Gasteiger partial charge in [0.05, 0.1) is 11.1 Å². The van der Waals surface area contributed by atoms with E-state index in [2.05, 4.69) is 10.2 Å². The van der Waals surface area contributed by atoms with Gasteiger partial charge in [-0.05, 0) is 29.2 Å². The molecule has 0 bridgehead atoms. The van der Waals surface area contributed by atoms with Gasteiger partial charge in [-0.25, -0.2) is 0 Å². The quantitative estimate of drug-likeness (QED) is 0.609. The molecular formula is C18H17F6N5. The summed E-state index contributed by atoms with van der Waals surface area (Å²) in [4.78, 5) is 0. The summed E-state index contributed by atoms with van der Waals surface area (Å²) in [5.41, 5.74) is 2.80. The van der Waals surface area contributed by atoms with E-state index in [1.165, 1.54) is 23.0 Å². The molecule has 0 aliphatic carbocycles. The highest BCUT2D eigenvalue weighted by Crippen LogP contribution is 2.43. The summed E-state index contributed by atoms with van der Waals surface area (Å²) in [5, 5.41) is 7.48. The van der Waals surface area contributed by atoms with Crippen LogP contribution < -0.4 is 5.73 Å². The van der Waals surface area contributed by atoms with Crippen molar-refractivity contribution in [3.05, 3.63) is 47.3 Å². The van der Waals surface area contributed by atoms with Crippen LogP contribution in [0.4, 0.5) is 32.2 Å². The first-order chi connectivity index (χ1) is 13.3.